The van der Waals surface area contributed by atoms with Gasteiger partial charge in [-0.25, -0.2) is 0 Å². The second-order valence-corrected chi connectivity index (χ2v) is 7.03. The third kappa shape index (κ3) is 5.96. The van der Waals surface area contributed by atoms with Crippen molar-refractivity contribution in [1.82, 2.24) is 10.6 Å². The van der Waals surface area contributed by atoms with E-state index in [1.807, 2.05) is 46.8 Å². The van der Waals surface area contributed by atoms with Gasteiger partial charge >= 0.3 is 0 Å². The molecule has 0 fully saturated rings. The number of aryl methyl sites for hydroxylation is 1. The van der Waals surface area contributed by atoms with Crippen molar-refractivity contribution < 1.29 is 14.7 Å². The first kappa shape index (κ1) is 20.2. The van der Waals surface area contributed by atoms with E-state index in [1.54, 1.807) is 12.1 Å². The van der Waals surface area contributed by atoms with Crippen molar-refractivity contribution in [2.24, 2.45) is 11.8 Å². The standard InChI is InChI=1S/C19H30N2O3/c1-12(2)10-15(11-22)20-19(24)17(13(3)4)21-18(23)16-9-7-6-8-14(16)5/h6-9,12-13,15,17,22H,10-11H2,1-5H3,(H,20,24)(H,21,23). The van der Waals surface area contributed by atoms with Crippen LogP contribution in [0, 0.1) is 18.8 Å². The van der Waals surface area contributed by atoms with Crippen molar-refractivity contribution in [1.29, 1.82) is 0 Å². The minimum Gasteiger partial charge on any atom is -0.394 e. The predicted molar refractivity (Wildman–Crippen MR) is 95.7 cm³/mol. The summed E-state index contributed by atoms with van der Waals surface area (Å²) in [6.45, 7) is 9.60. The molecule has 1 aromatic carbocycles. The monoisotopic (exact) mass is 334 g/mol. The van der Waals surface area contributed by atoms with Gasteiger partial charge in [0.25, 0.3) is 5.91 Å². The highest BCUT2D eigenvalue weighted by molar-refractivity contribution is 5.98. The van der Waals surface area contributed by atoms with E-state index in [2.05, 4.69) is 10.6 Å². The molecule has 134 valence electrons. The summed E-state index contributed by atoms with van der Waals surface area (Å²) in [7, 11) is 0. The Kier molecular flexibility index (Phi) is 7.92. The lowest BCUT2D eigenvalue weighted by Crippen LogP contribution is -2.53. The van der Waals surface area contributed by atoms with Crippen molar-refractivity contribution in [3.05, 3.63) is 35.4 Å². The van der Waals surface area contributed by atoms with E-state index in [0.29, 0.717) is 17.9 Å². The lowest BCUT2D eigenvalue weighted by molar-refractivity contribution is -0.125. The molecule has 0 saturated heterocycles. The van der Waals surface area contributed by atoms with E-state index in [1.165, 1.54) is 0 Å². The van der Waals surface area contributed by atoms with Gasteiger partial charge in [0.15, 0.2) is 0 Å². The fraction of sp³-hybridized carbons (Fsp3) is 0.579. The Labute approximate surface area is 144 Å². The molecule has 24 heavy (non-hydrogen) atoms. The van der Waals surface area contributed by atoms with Crippen molar-refractivity contribution in [3.8, 4) is 0 Å². The average molecular weight is 334 g/mol. The van der Waals surface area contributed by atoms with Crippen LogP contribution in [0.5, 0.6) is 0 Å². The third-order valence-electron chi connectivity index (χ3n) is 3.95. The normalized spacial score (nSPS) is 13.7. The summed E-state index contributed by atoms with van der Waals surface area (Å²) in [5, 5.41) is 15.1. The van der Waals surface area contributed by atoms with Crippen LogP contribution in [0.1, 0.15) is 50.0 Å². The SMILES string of the molecule is Cc1ccccc1C(=O)NC(C(=O)NC(CO)CC(C)C)C(C)C. The Balaban J connectivity index is 2.81. The van der Waals surface area contributed by atoms with Crippen molar-refractivity contribution >= 4 is 11.8 Å². The van der Waals surface area contributed by atoms with Crippen LogP contribution in [0.25, 0.3) is 0 Å². The fourth-order valence-corrected chi connectivity index (χ4v) is 2.62. The molecule has 5 heteroatoms. The Morgan fingerprint density at radius 2 is 1.71 bits per heavy atom. The van der Waals surface area contributed by atoms with E-state index in [9.17, 15) is 14.7 Å². The van der Waals surface area contributed by atoms with Crippen LogP contribution in [0.15, 0.2) is 24.3 Å². The zero-order valence-corrected chi connectivity index (χ0v) is 15.3. The summed E-state index contributed by atoms with van der Waals surface area (Å²) in [4.78, 5) is 25.0. The molecule has 2 amide bonds. The molecule has 5 nitrogen and oxygen atoms in total. The number of benzene rings is 1. The molecule has 0 aliphatic carbocycles. The molecule has 1 rings (SSSR count). The molecule has 0 aliphatic rings. The van der Waals surface area contributed by atoms with Gasteiger partial charge in [-0.3, -0.25) is 9.59 Å². The first-order chi connectivity index (χ1) is 11.3. The smallest absolute Gasteiger partial charge is 0.252 e. The van der Waals surface area contributed by atoms with E-state index in [4.69, 9.17) is 0 Å². The highest BCUT2D eigenvalue weighted by Crippen LogP contribution is 2.10. The maximum Gasteiger partial charge on any atom is 0.252 e. The molecule has 0 spiro atoms. The van der Waals surface area contributed by atoms with Crippen LogP contribution < -0.4 is 10.6 Å². The number of carbonyl (C=O) groups is 2. The number of carbonyl (C=O) groups excluding carboxylic acids is 2. The fourth-order valence-electron chi connectivity index (χ4n) is 2.62. The quantitative estimate of drug-likeness (QED) is 0.682. The van der Waals surface area contributed by atoms with Gasteiger partial charge in [-0.1, -0.05) is 45.9 Å². The molecule has 0 saturated carbocycles. The minimum atomic E-state index is -0.640. The minimum absolute atomic E-state index is 0.0589. The number of aliphatic hydroxyl groups is 1. The lowest BCUT2D eigenvalue weighted by Gasteiger charge is -2.25. The molecule has 1 aromatic rings. The van der Waals surface area contributed by atoms with Gasteiger partial charge in [-0.05, 0) is 36.8 Å². The summed E-state index contributed by atoms with van der Waals surface area (Å²) in [5.41, 5.74) is 1.43. The van der Waals surface area contributed by atoms with Crippen molar-refractivity contribution in [3.63, 3.8) is 0 Å². The van der Waals surface area contributed by atoms with Crippen LogP contribution in [0.2, 0.25) is 0 Å². The highest BCUT2D eigenvalue weighted by atomic mass is 16.3. The number of rotatable bonds is 8. The molecule has 0 bridgehead atoms. The molecule has 2 atom stereocenters. The predicted octanol–water partition coefficient (Wildman–Crippen LogP) is 2.27. The summed E-state index contributed by atoms with van der Waals surface area (Å²) in [6, 6.07) is 6.35. The van der Waals surface area contributed by atoms with E-state index < -0.39 is 6.04 Å². The largest absolute Gasteiger partial charge is 0.394 e. The molecule has 0 aromatic heterocycles. The number of aliphatic hydroxyl groups excluding tert-OH is 1. The van der Waals surface area contributed by atoms with Gasteiger partial charge < -0.3 is 15.7 Å². The Hall–Kier alpha value is -1.88. The summed E-state index contributed by atoms with van der Waals surface area (Å²) >= 11 is 0. The molecule has 0 heterocycles. The van der Waals surface area contributed by atoms with Crippen LogP contribution >= 0.6 is 0 Å². The summed E-state index contributed by atoms with van der Waals surface area (Å²) in [6.07, 6.45) is 0.693. The van der Waals surface area contributed by atoms with Crippen molar-refractivity contribution in [2.45, 2.75) is 53.1 Å². The number of amides is 2. The molecule has 3 N–H and O–H groups in total. The molecule has 0 aliphatic heterocycles. The number of nitrogens with one attached hydrogen (secondary N) is 2. The second kappa shape index (κ2) is 9.42. The Morgan fingerprint density at radius 1 is 1.08 bits per heavy atom. The van der Waals surface area contributed by atoms with E-state index in [0.717, 1.165) is 5.56 Å². The molecule has 2 unspecified atom stereocenters. The second-order valence-electron chi connectivity index (χ2n) is 7.03. The van der Waals surface area contributed by atoms with E-state index in [-0.39, 0.29) is 30.4 Å². The Bertz CT molecular complexity index is 555. The van der Waals surface area contributed by atoms with Crippen LogP contribution in [-0.2, 0) is 4.79 Å². The van der Waals surface area contributed by atoms with Crippen LogP contribution in [-0.4, -0.2) is 35.6 Å². The van der Waals surface area contributed by atoms with Gasteiger partial charge in [-0.15, -0.1) is 0 Å². The van der Waals surface area contributed by atoms with Gasteiger partial charge in [0.2, 0.25) is 5.91 Å². The third-order valence-corrected chi connectivity index (χ3v) is 3.95. The molecular weight excluding hydrogens is 304 g/mol. The lowest BCUT2D eigenvalue weighted by atomic mass is 10.00. The van der Waals surface area contributed by atoms with Gasteiger partial charge in [0, 0.05) is 5.56 Å². The summed E-state index contributed by atoms with van der Waals surface area (Å²) in [5.74, 6) is -0.212. The average Bonchev–Trinajstić information content (AvgIpc) is 2.51. The van der Waals surface area contributed by atoms with Gasteiger partial charge in [0.05, 0.1) is 12.6 Å². The van der Waals surface area contributed by atoms with Crippen LogP contribution in [0.4, 0.5) is 0 Å². The maximum absolute atomic E-state index is 12.6. The summed E-state index contributed by atoms with van der Waals surface area (Å²) < 4.78 is 0. The highest BCUT2D eigenvalue weighted by Gasteiger charge is 2.27. The first-order valence-corrected chi connectivity index (χ1v) is 8.54. The topological polar surface area (TPSA) is 78.4 Å². The maximum atomic E-state index is 12.6. The molecular formula is C19H30N2O3. The number of hydrogen-bond acceptors (Lipinski definition) is 3. The zero-order chi connectivity index (χ0) is 18.3. The Morgan fingerprint density at radius 3 is 2.21 bits per heavy atom. The van der Waals surface area contributed by atoms with Gasteiger partial charge in [0.1, 0.15) is 6.04 Å². The zero-order valence-electron chi connectivity index (χ0n) is 15.3. The van der Waals surface area contributed by atoms with Crippen LogP contribution in [0.3, 0.4) is 0 Å². The first-order valence-electron chi connectivity index (χ1n) is 8.54. The van der Waals surface area contributed by atoms with Gasteiger partial charge in [-0.2, -0.15) is 0 Å². The van der Waals surface area contributed by atoms with Crippen molar-refractivity contribution in [2.75, 3.05) is 6.61 Å². The number of hydrogen-bond donors (Lipinski definition) is 3. The molecule has 0 radical (unpaired) electrons. The van der Waals surface area contributed by atoms with E-state index >= 15 is 0 Å².